The van der Waals surface area contributed by atoms with E-state index in [-0.39, 0.29) is 11.9 Å². The van der Waals surface area contributed by atoms with Crippen LogP contribution in [-0.2, 0) is 14.3 Å². The number of methoxy groups -OCH3 is 1. The van der Waals surface area contributed by atoms with Crippen LogP contribution in [-0.4, -0.2) is 35.1 Å². The summed E-state index contributed by atoms with van der Waals surface area (Å²) in [6.45, 7) is 3.80. The summed E-state index contributed by atoms with van der Waals surface area (Å²) in [5.41, 5.74) is 0.936. The first-order chi connectivity index (χ1) is 10.9. The zero-order valence-electron chi connectivity index (χ0n) is 13.1. The molecule has 0 aliphatic carbocycles. The first-order valence-corrected chi connectivity index (χ1v) is 7.01. The number of aromatic nitrogens is 1. The second kappa shape index (κ2) is 6.91. The van der Waals surface area contributed by atoms with Crippen molar-refractivity contribution in [1.29, 1.82) is 0 Å². The minimum Gasteiger partial charge on any atom is -0.507 e. The molecule has 0 amide bonds. The van der Waals surface area contributed by atoms with E-state index in [4.69, 9.17) is 4.74 Å². The fourth-order valence-electron chi connectivity index (χ4n) is 2.08. The number of carbonyl (C=O) groups excluding carboxylic acids is 2. The van der Waals surface area contributed by atoms with Gasteiger partial charge in [-0.1, -0.05) is 6.07 Å². The lowest BCUT2D eigenvalue weighted by Crippen LogP contribution is -2.13. The van der Waals surface area contributed by atoms with Gasteiger partial charge < -0.3 is 14.6 Å². The fraction of sp³-hybridized carbons (Fsp3) is 0.235. The van der Waals surface area contributed by atoms with E-state index in [0.29, 0.717) is 22.2 Å². The number of hydrogen-bond acceptors (Lipinski definition) is 6. The van der Waals surface area contributed by atoms with Gasteiger partial charge in [-0.15, -0.1) is 0 Å². The second-order valence-electron chi connectivity index (χ2n) is 5.06. The number of esters is 1. The Morgan fingerprint density at radius 1 is 1.26 bits per heavy atom. The monoisotopic (exact) mass is 315 g/mol. The molecule has 1 heterocycles. The molecule has 1 aromatic heterocycles. The number of benzene rings is 1. The summed E-state index contributed by atoms with van der Waals surface area (Å²) >= 11 is 0. The van der Waals surface area contributed by atoms with Gasteiger partial charge in [-0.3, -0.25) is 9.78 Å². The number of hydrogen-bond donors (Lipinski definition) is 1. The average molecular weight is 315 g/mol. The molecule has 0 spiro atoms. The summed E-state index contributed by atoms with van der Waals surface area (Å²) in [5.74, 6) is -1.75. The highest BCUT2D eigenvalue weighted by Gasteiger charge is 2.16. The molecular formula is C17H17NO5. The summed E-state index contributed by atoms with van der Waals surface area (Å²) in [7, 11) is 1.10. The Balaban J connectivity index is 2.52. The lowest BCUT2D eigenvalue weighted by Gasteiger charge is -2.13. The SMILES string of the molecule is COC(=O)C(=O)/C=C(\O)c1ccc(OC(C)C)c2ncccc12. The van der Waals surface area contributed by atoms with E-state index < -0.39 is 11.8 Å². The van der Waals surface area contributed by atoms with Gasteiger partial charge in [0.05, 0.1) is 13.2 Å². The summed E-state index contributed by atoms with van der Waals surface area (Å²) < 4.78 is 10.0. The van der Waals surface area contributed by atoms with E-state index in [1.807, 2.05) is 13.8 Å². The minimum absolute atomic E-state index is 0.0314. The molecule has 0 atom stereocenters. The third kappa shape index (κ3) is 3.66. The number of carbonyl (C=O) groups is 2. The maximum Gasteiger partial charge on any atom is 0.378 e. The van der Waals surface area contributed by atoms with Crippen LogP contribution >= 0.6 is 0 Å². The molecule has 0 aliphatic rings. The predicted octanol–water partition coefficient (Wildman–Crippen LogP) is 2.66. The molecule has 0 unspecified atom stereocenters. The van der Waals surface area contributed by atoms with Crippen LogP contribution in [0.4, 0.5) is 0 Å². The quantitative estimate of drug-likeness (QED) is 0.395. The van der Waals surface area contributed by atoms with Crippen LogP contribution in [0.25, 0.3) is 16.7 Å². The van der Waals surface area contributed by atoms with Crippen molar-refractivity contribution in [3.63, 3.8) is 0 Å². The topological polar surface area (TPSA) is 85.7 Å². The molecule has 2 aromatic rings. The Hall–Kier alpha value is -2.89. The molecule has 0 saturated carbocycles. The van der Waals surface area contributed by atoms with E-state index in [2.05, 4.69) is 9.72 Å². The molecule has 2 rings (SSSR count). The molecule has 120 valence electrons. The fourth-order valence-corrected chi connectivity index (χ4v) is 2.08. The van der Waals surface area contributed by atoms with Gasteiger partial charge in [-0.25, -0.2) is 4.79 Å². The molecule has 23 heavy (non-hydrogen) atoms. The van der Waals surface area contributed by atoms with Crippen molar-refractivity contribution in [2.24, 2.45) is 0 Å². The first kappa shape index (κ1) is 16.5. The molecule has 0 radical (unpaired) electrons. The molecule has 1 aromatic carbocycles. The number of nitrogens with zero attached hydrogens (tertiary/aromatic N) is 1. The van der Waals surface area contributed by atoms with Gasteiger partial charge >= 0.3 is 5.97 Å². The van der Waals surface area contributed by atoms with Crippen molar-refractivity contribution in [2.45, 2.75) is 20.0 Å². The number of rotatable bonds is 5. The van der Waals surface area contributed by atoms with Crippen LogP contribution in [0.1, 0.15) is 19.4 Å². The Labute approximate surface area is 133 Å². The zero-order chi connectivity index (χ0) is 17.0. The maximum absolute atomic E-state index is 11.6. The summed E-state index contributed by atoms with van der Waals surface area (Å²) in [6.07, 6.45) is 2.41. The Morgan fingerprint density at radius 3 is 2.65 bits per heavy atom. The van der Waals surface area contributed by atoms with Crippen molar-refractivity contribution in [2.75, 3.05) is 7.11 Å². The summed E-state index contributed by atoms with van der Waals surface area (Å²) in [4.78, 5) is 27.0. The van der Waals surface area contributed by atoms with Crippen LogP contribution in [0, 0.1) is 0 Å². The number of aliphatic hydroxyl groups is 1. The lowest BCUT2D eigenvalue weighted by molar-refractivity contribution is -0.149. The van der Waals surface area contributed by atoms with E-state index in [0.717, 1.165) is 13.2 Å². The maximum atomic E-state index is 11.6. The number of ketones is 1. The molecule has 0 fully saturated rings. The number of fused-ring (bicyclic) bond motifs is 1. The molecule has 6 heteroatoms. The normalized spacial score (nSPS) is 11.6. The van der Waals surface area contributed by atoms with E-state index >= 15 is 0 Å². The third-order valence-corrected chi connectivity index (χ3v) is 3.03. The van der Waals surface area contributed by atoms with E-state index in [9.17, 15) is 14.7 Å². The number of ether oxygens (including phenoxy) is 2. The van der Waals surface area contributed by atoms with Gasteiger partial charge in [0.2, 0.25) is 0 Å². The Morgan fingerprint density at radius 2 is 2.00 bits per heavy atom. The highest BCUT2D eigenvalue weighted by Crippen LogP contribution is 2.30. The summed E-state index contributed by atoms with van der Waals surface area (Å²) in [6, 6.07) is 6.73. The molecule has 0 bridgehead atoms. The first-order valence-electron chi connectivity index (χ1n) is 7.01. The minimum atomic E-state index is -1.04. The van der Waals surface area contributed by atoms with Crippen molar-refractivity contribution < 1.29 is 24.2 Å². The van der Waals surface area contributed by atoms with Crippen molar-refractivity contribution >= 4 is 28.4 Å². The van der Waals surface area contributed by atoms with Crippen molar-refractivity contribution in [3.05, 3.63) is 42.1 Å². The summed E-state index contributed by atoms with van der Waals surface area (Å²) in [5, 5.41) is 10.8. The Bertz CT molecular complexity index is 780. The van der Waals surface area contributed by atoms with Gasteiger partial charge in [0.15, 0.2) is 0 Å². The van der Waals surface area contributed by atoms with Crippen LogP contribution in [0.3, 0.4) is 0 Å². The molecule has 1 N–H and O–H groups in total. The average Bonchev–Trinajstić information content (AvgIpc) is 2.53. The number of aliphatic hydroxyl groups excluding tert-OH is 1. The number of pyridine rings is 1. The van der Waals surface area contributed by atoms with Crippen LogP contribution in [0.2, 0.25) is 0 Å². The highest BCUT2D eigenvalue weighted by molar-refractivity contribution is 6.39. The van der Waals surface area contributed by atoms with Gasteiger partial charge in [0.1, 0.15) is 17.0 Å². The van der Waals surface area contributed by atoms with Crippen LogP contribution < -0.4 is 4.74 Å². The van der Waals surface area contributed by atoms with Gasteiger partial charge in [0.25, 0.3) is 5.78 Å². The van der Waals surface area contributed by atoms with Crippen molar-refractivity contribution in [1.82, 2.24) is 4.98 Å². The van der Waals surface area contributed by atoms with Gasteiger partial charge in [0, 0.05) is 23.2 Å². The second-order valence-corrected chi connectivity index (χ2v) is 5.06. The van der Waals surface area contributed by atoms with Gasteiger partial charge in [-0.05, 0) is 32.0 Å². The van der Waals surface area contributed by atoms with Crippen LogP contribution in [0.15, 0.2) is 36.5 Å². The lowest BCUT2D eigenvalue weighted by atomic mass is 10.0. The van der Waals surface area contributed by atoms with E-state index in [1.165, 1.54) is 0 Å². The molecular weight excluding hydrogens is 298 g/mol. The molecule has 0 saturated heterocycles. The van der Waals surface area contributed by atoms with E-state index in [1.54, 1.807) is 30.5 Å². The molecule has 0 aliphatic heterocycles. The highest BCUT2D eigenvalue weighted by atomic mass is 16.5. The van der Waals surface area contributed by atoms with Gasteiger partial charge in [-0.2, -0.15) is 0 Å². The molecule has 6 nitrogen and oxygen atoms in total. The standard InChI is InChI=1S/C17H17NO5/c1-10(2)23-15-7-6-11(12-5-4-8-18-16(12)15)13(19)9-14(20)17(21)22-3/h4-10,19H,1-3H3/b13-9-. The third-order valence-electron chi connectivity index (χ3n) is 3.03. The predicted molar refractivity (Wildman–Crippen MR) is 85.1 cm³/mol. The smallest absolute Gasteiger partial charge is 0.378 e. The largest absolute Gasteiger partial charge is 0.507 e. The van der Waals surface area contributed by atoms with Crippen molar-refractivity contribution in [3.8, 4) is 5.75 Å². The zero-order valence-corrected chi connectivity index (χ0v) is 13.1. The Kier molecular flexibility index (Phi) is 4.95. The van der Waals surface area contributed by atoms with Crippen LogP contribution in [0.5, 0.6) is 5.75 Å².